The van der Waals surface area contributed by atoms with Crippen LogP contribution in [0, 0.1) is 0 Å². The van der Waals surface area contributed by atoms with Crippen LogP contribution >= 0.6 is 0 Å². The van der Waals surface area contributed by atoms with Crippen LogP contribution < -0.4 is 10.5 Å². The van der Waals surface area contributed by atoms with E-state index in [0.717, 1.165) is 23.4 Å². The molecule has 4 nitrogen and oxygen atoms in total. The monoisotopic (exact) mass is 242 g/mol. The topological polar surface area (TPSA) is 65.2 Å². The minimum absolute atomic E-state index is 0.422. The molecule has 0 bridgehead atoms. The van der Waals surface area contributed by atoms with Crippen molar-refractivity contribution in [3.63, 3.8) is 0 Å². The van der Waals surface area contributed by atoms with Crippen molar-refractivity contribution >= 4 is 6.09 Å². The number of hydrogen-bond acceptors (Lipinski definition) is 3. The maximum atomic E-state index is 10.9. The predicted molar refractivity (Wildman–Crippen MR) is 69.3 cm³/mol. The quantitative estimate of drug-likeness (QED) is 0.900. The molecule has 0 aliphatic carbocycles. The van der Waals surface area contributed by atoms with Crippen molar-refractivity contribution in [2.75, 3.05) is 0 Å². The number of hydrogen-bond donors (Lipinski definition) is 1. The van der Waals surface area contributed by atoms with Crippen LogP contribution in [-0.4, -0.2) is 11.1 Å². The molecule has 0 saturated heterocycles. The highest BCUT2D eigenvalue weighted by Crippen LogP contribution is 2.28. The number of para-hydroxylation sites is 1. The number of ether oxygens (including phenoxy) is 1. The van der Waals surface area contributed by atoms with Gasteiger partial charge < -0.3 is 10.5 Å². The fourth-order valence-electron chi connectivity index (χ4n) is 1.70. The van der Waals surface area contributed by atoms with Crippen molar-refractivity contribution in [2.45, 2.75) is 13.3 Å². The molecule has 0 atom stereocenters. The summed E-state index contributed by atoms with van der Waals surface area (Å²) in [5, 5.41) is 0. The first-order chi connectivity index (χ1) is 8.70. The summed E-state index contributed by atoms with van der Waals surface area (Å²) in [6, 6.07) is 13.0. The molecule has 0 spiro atoms. The summed E-state index contributed by atoms with van der Waals surface area (Å²) in [5.41, 5.74) is 7.56. The third kappa shape index (κ3) is 2.66. The first-order valence-corrected chi connectivity index (χ1v) is 5.73. The molecule has 2 rings (SSSR count). The molecule has 0 radical (unpaired) electrons. The van der Waals surface area contributed by atoms with Crippen molar-refractivity contribution in [3.05, 3.63) is 48.2 Å². The Labute approximate surface area is 105 Å². The van der Waals surface area contributed by atoms with Gasteiger partial charge in [-0.1, -0.05) is 25.1 Å². The number of aromatic nitrogens is 1. The molecule has 1 amide bonds. The SMILES string of the molecule is CCc1cccc(-c2ccccc2OC(N)=O)n1. The number of aryl methyl sites for hydroxylation is 1. The van der Waals surface area contributed by atoms with E-state index in [4.69, 9.17) is 10.5 Å². The van der Waals surface area contributed by atoms with Crippen molar-refractivity contribution in [1.29, 1.82) is 0 Å². The van der Waals surface area contributed by atoms with E-state index in [1.165, 1.54) is 0 Å². The van der Waals surface area contributed by atoms with E-state index < -0.39 is 6.09 Å². The minimum atomic E-state index is -0.825. The molecule has 0 fully saturated rings. The molecule has 2 aromatic rings. The second-order valence-electron chi connectivity index (χ2n) is 3.78. The van der Waals surface area contributed by atoms with Gasteiger partial charge in [-0.25, -0.2) is 4.79 Å². The summed E-state index contributed by atoms with van der Waals surface area (Å²) in [6.07, 6.45) is 0.0289. The maximum Gasteiger partial charge on any atom is 0.409 e. The van der Waals surface area contributed by atoms with Gasteiger partial charge in [-0.3, -0.25) is 4.98 Å². The van der Waals surface area contributed by atoms with E-state index >= 15 is 0 Å². The van der Waals surface area contributed by atoms with Crippen LogP contribution in [0.5, 0.6) is 5.75 Å². The number of carbonyl (C=O) groups excluding carboxylic acids is 1. The van der Waals surface area contributed by atoms with E-state index in [-0.39, 0.29) is 0 Å². The lowest BCUT2D eigenvalue weighted by atomic mass is 10.1. The highest BCUT2D eigenvalue weighted by Gasteiger charge is 2.09. The Hall–Kier alpha value is -2.36. The zero-order valence-electron chi connectivity index (χ0n) is 10.1. The van der Waals surface area contributed by atoms with Gasteiger partial charge in [-0.05, 0) is 30.7 Å². The van der Waals surface area contributed by atoms with Crippen LogP contribution in [0.4, 0.5) is 4.79 Å². The fraction of sp³-hybridized carbons (Fsp3) is 0.143. The lowest BCUT2D eigenvalue weighted by molar-refractivity contribution is 0.211. The van der Waals surface area contributed by atoms with Gasteiger partial charge >= 0.3 is 6.09 Å². The van der Waals surface area contributed by atoms with Gasteiger partial charge in [0.2, 0.25) is 0 Å². The van der Waals surface area contributed by atoms with Crippen molar-refractivity contribution in [3.8, 4) is 17.0 Å². The molecule has 0 aliphatic heterocycles. The van der Waals surface area contributed by atoms with Gasteiger partial charge in [-0.15, -0.1) is 0 Å². The van der Waals surface area contributed by atoms with Crippen LogP contribution in [-0.2, 0) is 6.42 Å². The Morgan fingerprint density at radius 3 is 2.72 bits per heavy atom. The number of amides is 1. The first-order valence-electron chi connectivity index (χ1n) is 5.73. The summed E-state index contributed by atoms with van der Waals surface area (Å²) >= 11 is 0. The van der Waals surface area contributed by atoms with E-state index in [0.29, 0.717) is 5.75 Å². The van der Waals surface area contributed by atoms with Gasteiger partial charge in [-0.2, -0.15) is 0 Å². The van der Waals surface area contributed by atoms with Crippen LogP contribution in [0.15, 0.2) is 42.5 Å². The minimum Gasteiger partial charge on any atom is -0.410 e. The molecule has 1 heterocycles. The Morgan fingerprint density at radius 1 is 1.22 bits per heavy atom. The van der Waals surface area contributed by atoms with Gasteiger partial charge in [0, 0.05) is 11.3 Å². The van der Waals surface area contributed by atoms with E-state index in [1.807, 2.05) is 37.3 Å². The van der Waals surface area contributed by atoms with Gasteiger partial charge in [0.25, 0.3) is 0 Å². The van der Waals surface area contributed by atoms with Crippen LogP contribution in [0.25, 0.3) is 11.3 Å². The van der Waals surface area contributed by atoms with Crippen molar-refractivity contribution < 1.29 is 9.53 Å². The largest absolute Gasteiger partial charge is 0.410 e. The Kier molecular flexibility index (Phi) is 3.57. The Bertz CT molecular complexity index is 567. The number of carbonyl (C=O) groups is 1. The molecule has 0 aliphatic rings. The standard InChI is InChI=1S/C14H14N2O2/c1-2-10-6-5-8-12(16-10)11-7-3-4-9-13(11)18-14(15)17/h3-9H,2H2,1H3,(H2,15,17). The van der Waals surface area contributed by atoms with E-state index in [2.05, 4.69) is 4.98 Å². The van der Waals surface area contributed by atoms with E-state index in [9.17, 15) is 4.79 Å². The fourth-order valence-corrected chi connectivity index (χ4v) is 1.70. The van der Waals surface area contributed by atoms with Crippen molar-refractivity contribution in [2.24, 2.45) is 5.73 Å². The zero-order chi connectivity index (χ0) is 13.0. The van der Waals surface area contributed by atoms with Crippen molar-refractivity contribution in [1.82, 2.24) is 4.98 Å². The molecule has 4 heteroatoms. The predicted octanol–water partition coefficient (Wildman–Crippen LogP) is 2.77. The lowest BCUT2D eigenvalue weighted by Gasteiger charge is -2.08. The van der Waals surface area contributed by atoms with Gasteiger partial charge in [0.05, 0.1) is 5.69 Å². The van der Waals surface area contributed by atoms with E-state index in [1.54, 1.807) is 12.1 Å². The second kappa shape index (κ2) is 5.31. The average Bonchev–Trinajstić information content (AvgIpc) is 2.39. The summed E-state index contributed by atoms with van der Waals surface area (Å²) in [5.74, 6) is 0.422. The number of pyridine rings is 1. The molecule has 2 N–H and O–H groups in total. The third-order valence-electron chi connectivity index (χ3n) is 2.54. The summed E-state index contributed by atoms with van der Waals surface area (Å²) < 4.78 is 4.97. The van der Waals surface area contributed by atoms with Crippen LogP contribution in [0.1, 0.15) is 12.6 Å². The Morgan fingerprint density at radius 2 is 2.00 bits per heavy atom. The molecular formula is C14H14N2O2. The summed E-state index contributed by atoms with van der Waals surface area (Å²) in [4.78, 5) is 15.4. The molecule has 1 aromatic heterocycles. The van der Waals surface area contributed by atoms with Crippen LogP contribution in [0.2, 0.25) is 0 Å². The highest BCUT2D eigenvalue weighted by molar-refractivity contribution is 5.74. The highest BCUT2D eigenvalue weighted by atomic mass is 16.5. The molecule has 1 aromatic carbocycles. The number of rotatable bonds is 3. The first kappa shape index (κ1) is 12.1. The number of benzene rings is 1. The van der Waals surface area contributed by atoms with Gasteiger partial charge in [0.15, 0.2) is 0 Å². The molecule has 92 valence electrons. The number of nitrogens with zero attached hydrogens (tertiary/aromatic N) is 1. The Balaban J connectivity index is 2.45. The smallest absolute Gasteiger partial charge is 0.409 e. The molecule has 18 heavy (non-hydrogen) atoms. The lowest BCUT2D eigenvalue weighted by Crippen LogP contribution is -2.16. The maximum absolute atomic E-state index is 10.9. The van der Waals surface area contributed by atoms with Crippen LogP contribution in [0.3, 0.4) is 0 Å². The average molecular weight is 242 g/mol. The number of nitrogens with two attached hydrogens (primary N) is 1. The van der Waals surface area contributed by atoms with Gasteiger partial charge in [0.1, 0.15) is 5.75 Å². The normalized spacial score (nSPS) is 10.1. The molecular weight excluding hydrogens is 228 g/mol. The molecule has 0 unspecified atom stereocenters. The number of primary amides is 1. The summed E-state index contributed by atoms with van der Waals surface area (Å²) in [6.45, 7) is 2.04. The third-order valence-corrected chi connectivity index (χ3v) is 2.54. The second-order valence-corrected chi connectivity index (χ2v) is 3.78. The summed E-state index contributed by atoms with van der Waals surface area (Å²) in [7, 11) is 0. The molecule has 0 saturated carbocycles. The zero-order valence-corrected chi connectivity index (χ0v) is 10.1.